The third-order valence-corrected chi connectivity index (χ3v) is 4.92. The van der Waals surface area contributed by atoms with E-state index in [-0.39, 0.29) is 17.5 Å². The van der Waals surface area contributed by atoms with Gasteiger partial charge < -0.3 is 9.84 Å². The molecule has 2 rings (SSSR count). The number of phenols is 1. The first-order valence-electron chi connectivity index (χ1n) is 5.92. The van der Waals surface area contributed by atoms with E-state index in [0.29, 0.717) is 26.1 Å². The molecule has 18 heavy (non-hydrogen) atoms. The monoisotopic (exact) mass is 271 g/mol. The van der Waals surface area contributed by atoms with E-state index in [2.05, 4.69) is 4.72 Å². The van der Waals surface area contributed by atoms with Crippen LogP contribution in [0.3, 0.4) is 0 Å². The molecule has 1 fully saturated rings. The summed E-state index contributed by atoms with van der Waals surface area (Å²) in [4.78, 5) is 0. The van der Waals surface area contributed by atoms with Gasteiger partial charge in [-0.2, -0.15) is 0 Å². The van der Waals surface area contributed by atoms with Gasteiger partial charge in [0.2, 0.25) is 10.0 Å². The molecule has 0 aromatic heterocycles. The molecule has 6 heteroatoms. The van der Waals surface area contributed by atoms with Crippen molar-refractivity contribution in [3.8, 4) is 5.75 Å². The van der Waals surface area contributed by atoms with Crippen LogP contribution in [-0.4, -0.2) is 32.0 Å². The lowest BCUT2D eigenvalue weighted by molar-refractivity contribution is 0.0981. The van der Waals surface area contributed by atoms with Crippen LogP contribution in [0.15, 0.2) is 24.3 Å². The Kier molecular flexibility index (Phi) is 4.21. The van der Waals surface area contributed by atoms with Crippen molar-refractivity contribution in [2.45, 2.75) is 24.6 Å². The van der Waals surface area contributed by atoms with E-state index in [9.17, 15) is 8.42 Å². The predicted molar refractivity (Wildman–Crippen MR) is 67.7 cm³/mol. The minimum absolute atomic E-state index is 0.172. The second-order valence-electron chi connectivity index (χ2n) is 4.34. The fraction of sp³-hybridized carbons (Fsp3) is 0.500. The zero-order valence-electron chi connectivity index (χ0n) is 10.0. The summed E-state index contributed by atoms with van der Waals surface area (Å²) in [6.45, 7) is 1.26. The molecular weight excluding hydrogens is 254 g/mol. The van der Waals surface area contributed by atoms with Crippen LogP contribution >= 0.6 is 0 Å². The van der Waals surface area contributed by atoms with Crippen molar-refractivity contribution in [2.24, 2.45) is 0 Å². The van der Waals surface area contributed by atoms with Gasteiger partial charge in [-0.3, -0.25) is 0 Å². The molecule has 0 unspecified atom stereocenters. The summed E-state index contributed by atoms with van der Waals surface area (Å²) >= 11 is 0. The van der Waals surface area contributed by atoms with Crippen LogP contribution in [0.25, 0.3) is 0 Å². The van der Waals surface area contributed by atoms with Gasteiger partial charge in [-0.1, -0.05) is 12.1 Å². The Balaban J connectivity index is 1.94. The molecule has 1 aromatic carbocycles. The smallest absolute Gasteiger partial charge is 0.214 e. The second kappa shape index (κ2) is 5.69. The van der Waals surface area contributed by atoms with Crippen LogP contribution in [0.2, 0.25) is 0 Å². The minimum Gasteiger partial charge on any atom is -0.508 e. The number of phenolic OH excluding ortho intramolecular Hbond substituents is 1. The molecule has 1 aliphatic heterocycles. The predicted octanol–water partition coefficient (Wildman–Crippen LogP) is 0.991. The Morgan fingerprint density at radius 2 is 1.83 bits per heavy atom. The lowest BCUT2D eigenvalue weighted by atomic mass is 10.2. The van der Waals surface area contributed by atoms with E-state index in [4.69, 9.17) is 9.84 Å². The van der Waals surface area contributed by atoms with Crippen molar-refractivity contribution < 1.29 is 18.3 Å². The van der Waals surface area contributed by atoms with E-state index in [1.165, 1.54) is 12.1 Å². The fourth-order valence-corrected chi connectivity index (χ4v) is 3.32. The number of benzene rings is 1. The molecule has 0 radical (unpaired) electrons. The number of sulfonamides is 1. The molecule has 1 heterocycles. The fourth-order valence-electron chi connectivity index (χ4n) is 1.90. The van der Waals surface area contributed by atoms with Crippen LogP contribution in [0.4, 0.5) is 0 Å². The van der Waals surface area contributed by atoms with E-state index < -0.39 is 10.0 Å². The highest BCUT2D eigenvalue weighted by Crippen LogP contribution is 2.15. The zero-order chi connectivity index (χ0) is 13.0. The standard InChI is InChI=1S/C12H17NO4S/c14-11-3-1-10(2-4-11)9-13-18(15,16)12-5-7-17-8-6-12/h1-4,12-14H,5-9H2. The van der Waals surface area contributed by atoms with Gasteiger partial charge in [0.05, 0.1) is 5.25 Å². The number of nitrogens with one attached hydrogen (secondary N) is 1. The topological polar surface area (TPSA) is 75.6 Å². The Morgan fingerprint density at radius 1 is 1.22 bits per heavy atom. The molecule has 0 amide bonds. The Labute approximate surface area is 107 Å². The van der Waals surface area contributed by atoms with Gasteiger partial charge in [-0.15, -0.1) is 0 Å². The first-order chi connectivity index (χ1) is 8.58. The largest absolute Gasteiger partial charge is 0.508 e. The van der Waals surface area contributed by atoms with Gasteiger partial charge in [0, 0.05) is 19.8 Å². The lowest BCUT2D eigenvalue weighted by Crippen LogP contribution is -2.37. The summed E-state index contributed by atoms with van der Waals surface area (Å²) < 4.78 is 31.8. The maximum absolute atomic E-state index is 12.0. The highest BCUT2D eigenvalue weighted by molar-refractivity contribution is 7.90. The first kappa shape index (κ1) is 13.3. The van der Waals surface area contributed by atoms with E-state index in [0.717, 1.165) is 5.56 Å². The molecule has 2 N–H and O–H groups in total. The van der Waals surface area contributed by atoms with Crippen LogP contribution in [0.5, 0.6) is 5.75 Å². The zero-order valence-corrected chi connectivity index (χ0v) is 10.8. The van der Waals surface area contributed by atoms with Gasteiger partial charge >= 0.3 is 0 Å². The second-order valence-corrected chi connectivity index (χ2v) is 6.39. The first-order valence-corrected chi connectivity index (χ1v) is 7.47. The highest BCUT2D eigenvalue weighted by Gasteiger charge is 2.27. The van der Waals surface area contributed by atoms with Crippen molar-refractivity contribution in [1.82, 2.24) is 4.72 Å². The minimum atomic E-state index is -3.28. The van der Waals surface area contributed by atoms with Gasteiger partial charge in [0.15, 0.2) is 0 Å². The molecule has 0 spiro atoms. The normalized spacial score (nSPS) is 17.8. The number of hydrogen-bond acceptors (Lipinski definition) is 4. The van der Waals surface area contributed by atoms with E-state index in [1.807, 2.05) is 0 Å². The quantitative estimate of drug-likeness (QED) is 0.856. The molecule has 1 saturated heterocycles. The summed E-state index contributed by atoms with van der Waals surface area (Å²) in [7, 11) is -3.28. The third kappa shape index (κ3) is 3.44. The van der Waals surface area contributed by atoms with Crippen molar-refractivity contribution in [3.63, 3.8) is 0 Å². The number of rotatable bonds is 4. The van der Waals surface area contributed by atoms with E-state index in [1.54, 1.807) is 12.1 Å². The lowest BCUT2D eigenvalue weighted by Gasteiger charge is -2.22. The summed E-state index contributed by atoms with van der Waals surface area (Å²) in [5.74, 6) is 0.172. The molecule has 1 aromatic rings. The average Bonchev–Trinajstić information content (AvgIpc) is 2.39. The summed E-state index contributed by atoms with van der Waals surface area (Å²) in [6.07, 6.45) is 1.09. The molecule has 0 bridgehead atoms. The van der Waals surface area contributed by atoms with Crippen molar-refractivity contribution >= 4 is 10.0 Å². The van der Waals surface area contributed by atoms with Crippen LogP contribution in [-0.2, 0) is 21.3 Å². The number of hydrogen-bond donors (Lipinski definition) is 2. The molecule has 0 aliphatic carbocycles. The van der Waals surface area contributed by atoms with Gasteiger partial charge in [0.1, 0.15) is 5.75 Å². The highest BCUT2D eigenvalue weighted by atomic mass is 32.2. The molecule has 100 valence electrons. The number of aromatic hydroxyl groups is 1. The van der Waals surface area contributed by atoms with Gasteiger partial charge in [-0.25, -0.2) is 13.1 Å². The van der Waals surface area contributed by atoms with Crippen LogP contribution < -0.4 is 4.72 Å². The summed E-state index contributed by atoms with van der Waals surface area (Å²) in [6, 6.07) is 6.47. The Hall–Kier alpha value is -1.11. The summed E-state index contributed by atoms with van der Waals surface area (Å²) in [5.41, 5.74) is 0.823. The van der Waals surface area contributed by atoms with Crippen LogP contribution in [0, 0.1) is 0 Å². The maximum atomic E-state index is 12.0. The Bertz CT molecular complexity index is 477. The molecular formula is C12H17NO4S. The van der Waals surface area contributed by atoms with Crippen molar-refractivity contribution in [1.29, 1.82) is 0 Å². The molecule has 0 atom stereocenters. The molecule has 5 nitrogen and oxygen atoms in total. The van der Waals surface area contributed by atoms with Crippen molar-refractivity contribution in [2.75, 3.05) is 13.2 Å². The van der Waals surface area contributed by atoms with E-state index >= 15 is 0 Å². The molecule has 1 aliphatic rings. The maximum Gasteiger partial charge on any atom is 0.214 e. The number of ether oxygens (including phenoxy) is 1. The van der Waals surface area contributed by atoms with Crippen molar-refractivity contribution in [3.05, 3.63) is 29.8 Å². The molecule has 0 saturated carbocycles. The average molecular weight is 271 g/mol. The van der Waals surface area contributed by atoms with Gasteiger partial charge in [0.25, 0.3) is 0 Å². The van der Waals surface area contributed by atoms with Gasteiger partial charge in [-0.05, 0) is 30.5 Å². The third-order valence-electron chi connectivity index (χ3n) is 3.02. The summed E-state index contributed by atoms with van der Waals surface area (Å²) in [5, 5.41) is 8.78. The Morgan fingerprint density at radius 3 is 2.44 bits per heavy atom. The SMILES string of the molecule is O=S(=O)(NCc1ccc(O)cc1)C1CCOCC1. The van der Waals surface area contributed by atoms with Crippen LogP contribution in [0.1, 0.15) is 18.4 Å².